The van der Waals surface area contributed by atoms with Crippen LogP contribution in [0.15, 0.2) is 0 Å². The smallest absolute Gasteiger partial charge is 0.0478 e. The highest BCUT2D eigenvalue weighted by atomic mass is 16.5. The van der Waals surface area contributed by atoms with E-state index in [9.17, 15) is 0 Å². The maximum absolute atomic E-state index is 5.38. The van der Waals surface area contributed by atoms with E-state index >= 15 is 0 Å². The number of rotatable bonds is 5. The van der Waals surface area contributed by atoms with Gasteiger partial charge in [-0.05, 0) is 53.1 Å². The fraction of sp³-hybridized carbons (Fsp3) is 1.00. The molecule has 1 aliphatic heterocycles. The largest absolute Gasteiger partial charge is 0.382 e. The van der Waals surface area contributed by atoms with Crippen LogP contribution in [-0.2, 0) is 4.74 Å². The molecule has 0 aromatic carbocycles. The Bertz CT molecular complexity index is 163. The predicted octanol–water partition coefficient (Wildman–Crippen LogP) is 1.88. The lowest BCUT2D eigenvalue weighted by Crippen LogP contribution is -2.43. The highest BCUT2D eigenvalue weighted by Crippen LogP contribution is 2.06. The lowest BCUT2D eigenvalue weighted by atomic mass is 10.1. The Balaban J connectivity index is 2.19. The van der Waals surface area contributed by atoms with Gasteiger partial charge in [0.1, 0.15) is 0 Å². The minimum atomic E-state index is 0.657. The summed E-state index contributed by atoms with van der Waals surface area (Å²) in [6, 6.07) is 1.31. The van der Waals surface area contributed by atoms with Gasteiger partial charge in [-0.2, -0.15) is 0 Å². The molecule has 0 saturated carbocycles. The highest BCUT2D eigenvalue weighted by Gasteiger charge is 2.15. The molecular formula is C13H28N2O. The number of nitrogens with one attached hydrogen (secondary N) is 1. The van der Waals surface area contributed by atoms with Crippen molar-refractivity contribution in [2.24, 2.45) is 0 Å². The molecule has 0 spiro atoms. The first-order valence-corrected chi connectivity index (χ1v) is 6.78. The van der Waals surface area contributed by atoms with Crippen molar-refractivity contribution >= 4 is 0 Å². The molecule has 0 aromatic heterocycles. The molecule has 3 nitrogen and oxygen atoms in total. The maximum Gasteiger partial charge on any atom is 0.0478 e. The molecule has 0 amide bonds. The third-order valence-corrected chi connectivity index (χ3v) is 3.29. The number of ether oxygens (including phenoxy) is 1. The van der Waals surface area contributed by atoms with Crippen molar-refractivity contribution in [2.45, 2.75) is 52.1 Å². The molecule has 2 atom stereocenters. The second kappa shape index (κ2) is 8.04. The van der Waals surface area contributed by atoms with E-state index in [0.717, 1.165) is 13.2 Å². The second-order valence-electron chi connectivity index (χ2n) is 4.94. The zero-order chi connectivity index (χ0) is 11.8. The Morgan fingerprint density at radius 1 is 1.19 bits per heavy atom. The molecule has 0 aliphatic carbocycles. The molecule has 1 aliphatic rings. The normalized spacial score (nSPS) is 28.7. The lowest BCUT2D eigenvalue weighted by Gasteiger charge is -2.30. The van der Waals surface area contributed by atoms with E-state index in [1.165, 1.54) is 38.9 Å². The lowest BCUT2D eigenvalue weighted by molar-refractivity contribution is 0.127. The summed E-state index contributed by atoms with van der Waals surface area (Å²) in [5.41, 5.74) is 0. The zero-order valence-electron chi connectivity index (χ0n) is 11.2. The van der Waals surface area contributed by atoms with Crippen LogP contribution < -0.4 is 5.32 Å². The highest BCUT2D eigenvalue weighted by molar-refractivity contribution is 4.74. The van der Waals surface area contributed by atoms with E-state index in [0.29, 0.717) is 12.1 Å². The molecule has 96 valence electrons. The van der Waals surface area contributed by atoms with Crippen molar-refractivity contribution in [1.29, 1.82) is 0 Å². The summed E-state index contributed by atoms with van der Waals surface area (Å²) in [7, 11) is 0. The van der Waals surface area contributed by atoms with Crippen molar-refractivity contribution in [2.75, 3.05) is 32.8 Å². The third-order valence-electron chi connectivity index (χ3n) is 3.29. The fourth-order valence-corrected chi connectivity index (χ4v) is 2.27. The van der Waals surface area contributed by atoms with E-state index < -0.39 is 0 Å². The molecule has 16 heavy (non-hydrogen) atoms. The van der Waals surface area contributed by atoms with Gasteiger partial charge < -0.3 is 15.0 Å². The van der Waals surface area contributed by atoms with Gasteiger partial charge in [-0.15, -0.1) is 0 Å². The minimum absolute atomic E-state index is 0.657. The molecule has 1 heterocycles. The van der Waals surface area contributed by atoms with Gasteiger partial charge in [0.2, 0.25) is 0 Å². The first-order chi connectivity index (χ1) is 7.72. The number of hydrogen-bond donors (Lipinski definition) is 1. The quantitative estimate of drug-likeness (QED) is 0.727. The molecular weight excluding hydrogens is 200 g/mol. The predicted molar refractivity (Wildman–Crippen MR) is 68.8 cm³/mol. The minimum Gasteiger partial charge on any atom is -0.382 e. The van der Waals surface area contributed by atoms with Gasteiger partial charge in [0.05, 0.1) is 0 Å². The first kappa shape index (κ1) is 13.9. The van der Waals surface area contributed by atoms with Crippen molar-refractivity contribution < 1.29 is 4.74 Å². The second-order valence-corrected chi connectivity index (χ2v) is 4.94. The Kier molecular flexibility index (Phi) is 7.01. The summed E-state index contributed by atoms with van der Waals surface area (Å²) in [5, 5.41) is 3.63. The average molecular weight is 228 g/mol. The molecule has 1 rings (SSSR count). The maximum atomic E-state index is 5.38. The van der Waals surface area contributed by atoms with Crippen LogP contribution in [0.4, 0.5) is 0 Å². The summed E-state index contributed by atoms with van der Waals surface area (Å²) >= 11 is 0. The monoisotopic (exact) mass is 228 g/mol. The van der Waals surface area contributed by atoms with Crippen molar-refractivity contribution in [1.82, 2.24) is 10.2 Å². The first-order valence-electron chi connectivity index (χ1n) is 6.78. The summed E-state index contributed by atoms with van der Waals surface area (Å²) in [4.78, 5) is 2.59. The Hall–Kier alpha value is -0.120. The van der Waals surface area contributed by atoms with Gasteiger partial charge in [-0.1, -0.05) is 0 Å². The van der Waals surface area contributed by atoms with Gasteiger partial charge in [-0.25, -0.2) is 0 Å². The molecule has 2 unspecified atom stereocenters. The SMILES string of the molecule is CCOCCCN1CCC(C)NC(C)CC1. The van der Waals surface area contributed by atoms with Crippen LogP contribution in [0.3, 0.4) is 0 Å². The zero-order valence-corrected chi connectivity index (χ0v) is 11.2. The van der Waals surface area contributed by atoms with Crippen molar-refractivity contribution in [3.8, 4) is 0 Å². The van der Waals surface area contributed by atoms with Crippen molar-refractivity contribution in [3.63, 3.8) is 0 Å². The Labute approximate surface area is 101 Å². The molecule has 0 radical (unpaired) electrons. The average Bonchev–Trinajstić information content (AvgIpc) is 2.24. The van der Waals surface area contributed by atoms with Crippen LogP contribution in [0.25, 0.3) is 0 Å². The third kappa shape index (κ3) is 5.83. The van der Waals surface area contributed by atoms with E-state index in [-0.39, 0.29) is 0 Å². The van der Waals surface area contributed by atoms with E-state index in [4.69, 9.17) is 4.74 Å². The topological polar surface area (TPSA) is 24.5 Å². The van der Waals surface area contributed by atoms with Gasteiger partial charge in [0.15, 0.2) is 0 Å². The van der Waals surface area contributed by atoms with Crippen LogP contribution in [0, 0.1) is 0 Å². The molecule has 0 bridgehead atoms. The standard InChI is InChI=1S/C13H28N2O/c1-4-16-11-5-8-15-9-6-12(2)14-13(3)7-10-15/h12-14H,4-11H2,1-3H3. The van der Waals surface area contributed by atoms with Crippen LogP contribution >= 0.6 is 0 Å². The van der Waals surface area contributed by atoms with Crippen LogP contribution in [0.2, 0.25) is 0 Å². The molecule has 1 N–H and O–H groups in total. The summed E-state index contributed by atoms with van der Waals surface area (Å²) in [5.74, 6) is 0. The van der Waals surface area contributed by atoms with Crippen LogP contribution in [-0.4, -0.2) is 49.8 Å². The molecule has 1 saturated heterocycles. The summed E-state index contributed by atoms with van der Waals surface area (Å²) < 4.78 is 5.38. The van der Waals surface area contributed by atoms with Gasteiger partial charge in [0.25, 0.3) is 0 Å². The van der Waals surface area contributed by atoms with E-state index in [2.05, 4.69) is 31.0 Å². The molecule has 0 aromatic rings. The fourth-order valence-electron chi connectivity index (χ4n) is 2.27. The number of nitrogens with zero attached hydrogens (tertiary/aromatic N) is 1. The van der Waals surface area contributed by atoms with Crippen molar-refractivity contribution in [3.05, 3.63) is 0 Å². The molecule has 3 heteroatoms. The van der Waals surface area contributed by atoms with E-state index in [1.807, 2.05) is 0 Å². The summed E-state index contributed by atoms with van der Waals surface area (Å²) in [6.07, 6.45) is 3.70. The Morgan fingerprint density at radius 3 is 2.38 bits per heavy atom. The number of hydrogen-bond acceptors (Lipinski definition) is 3. The van der Waals surface area contributed by atoms with Crippen LogP contribution in [0.1, 0.15) is 40.0 Å². The Morgan fingerprint density at radius 2 is 1.81 bits per heavy atom. The van der Waals surface area contributed by atoms with Gasteiger partial charge in [0, 0.05) is 31.8 Å². The van der Waals surface area contributed by atoms with E-state index in [1.54, 1.807) is 0 Å². The molecule has 1 fully saturated rings. The van der Waals surface area contributed by atoms with Gasteiger partial charge in [-0.3, -0.25) is 0 Å². The van der Waals surface area contributed by atoms with Gasteiger partial charge >= 0.3 is 0 Å². The summed E-state index contributed by atoms with van der Waals surface area (Å²) in [6.45, 7) is 12.1. The van der Waals surface area contributed by atoms with Crippen LogP contribution in [0.5, 0.6) is 0 Å².